The predicted molar refractivity (Wildman–Crippen MR) is 70.5 cm³/mol. The highest BCUT2D eigenvalue weighted by Gasteiger charge is 2.13. The maximum absolute atomic E-state index is 5.86. The molecule has 0 aliphatic heterocycles. The summed E-state index contributed by atoms with van der Waals surface area (Å²) in [5.74, 6) is 0. The van der Waals surface area contributed by atoms with Crippen LogP contribution in [0.4, 0.5) is 0 Å². The molecule has 1 N–H and O–H groups in total. The monoisotopic (exact) mass is 265 g/mol. The second-order valence-corrected chi connectivity index (χ2v) is 5.69. The van der Waals surface area contributed by atoms with Crippen molar-refractivity contribution in [3.63, 3.8) is 0 Å². The van der Waals surface area contributed by atoms with Gasteiger partial charge in [-0.05, 0) is 31.4 Å². The molecular weight excluding hydrogens is 249 g/mol. The topological polar surface area (TPSA) is 12.0 Å². The van der Waals surface area contributed by atoms with Gasteiger partial charge in [-0.2, -0.15) is 0 Å². The molecule has 1 saturated carbocycles. The molecule has 0 radical (unpaired) electrons. The van der Waals surface area contributed by atoms with Gasteiger partial charge in [0.15, 0.2) is 0 Å². The van der Waals surface area contributed by atoms with E-state index in [1.54, 1.807) is 11.3 Å². The first-order valence-electron chi connectivity index (χ1n) is 5.32. The van der Waals surface area contributed by atoms with Crippen LogP contribution in [0.3, 0.4) is 0 Å². The zero-order chi connectivity index (χ0) is 9.80. The lowest BCUT2D eigenvalue weighted by Gasteiger charge is -2.10. The van der Waals surface area contributed by atoms with Crippen molar-refractivity contribution in [1.82, 2.24) is 5.32 Å². The summed E-state index contributed by atoms with van der Waals surface area (Å²) < 4.78 is 0.904. The van der Waals surface area contributed by atoms with Gasteiger partial charge in [-0.1, -0.05) is 24.4 Å². The Bertz CT molecular complexity index is 282. The summed E-state index contributed by atoms with van der Waals surface area (Å²) in [6.45, 7) is 1.10. The van der Waals surface area contributed by atoms with E-state index in [1.807, 2.05) is 6.07 Å². The third-order valence-electron chi connectivity index (χ3n) is 2.79. The van der Waals surface area contributed by atoms with Crippen molar-refractivity contribution in [2.75, 3.05) is 6.54 Å². The number of halogens is 2. The van der Waals surface area contributed by atoms with E-state index in [4.69, 9.17) is 11.6 Å². The standard InChI is InChI=1S/C11H16ClNS.ClH/c12-11-6-5-10(14-11)7-8-13-9-3-1-2-4-9;/h5-6,9,13H,1-4,7-8H2;1H. The van der Waals surface area contributed by atoms with Gasteiger partial charge < -0.3 is 5.32 Å². The lowest BCUT2D eigenvalue weighted by atomic mass is 10.2. The van der Waals surface area contributed by atoms with Crippen LogP contribution in [0.5, 0.6) is 0 Å². The summed E-state index contributed by atoms with van der Waals surface area (Å²) >= 11 is 7.56. The van der Waals surface area contributed by atoms with Crippen LogP contribution in [0.2, 0.25) is 4.34 Å². The third kappa shape index (κ3) is 4.31. The minimum Gasteiger partial charge on any atom is -0.314 e. The van der Waals surface area contributed by atoms with Crippen molar-refractivity contribution in [2.45, 2.75) is 38.1 Å². The first kappa shape index (κ1) is 13.3. The van der Waals surface area contributed by atoms with Crippen molar-refractivity contribution >= 4 is 35.3 Å². The van der Waals surface area contributed by atoms with Crippen LogP contribution < -0.4 is 5.32 Å². The van der Waals surface area contributed by atoms with Crippen molar-refractivity contribution in [3.8, 4) is 0 Å². The average molecular weight is 266 g/mol. The minimum absolute atomic E-state index is 0. The van der Waals surface area contributed by atoms with Gasteiger partial charge in [-0.3, -0.25) is 0 Å². The highest BCUT2D eigenvalue weighted by Crippen LogP contribution is 2.22. The zero-order valence-corrected chi connectivity index (χ0v) is 11.1. The molecule has 15 heavy (non-hydrogen) atoms. The molecule has 0 saturated heterocycles. The number of hydrogen-bond acceptors (Lipinski definition) is 2. The SMILES string of the molecule is Cl.Clc1ccc(CCNC2CCCC2)s1. The zero-order valence-electron chi connectivity index (χ0n) is 8.67. The summed E-state index contributed by atoms with van der Waals surface area (Å²) in [6, 6.07) is 4.89. The van der Waals surface area contributed by atoms with Crippen molar-refractivity contribution in [1.29, 1.82) is 0 Å². The number of thiophene rings is 1. The Balaban J connectivity index is 0.00000112. The van der Waals surface area contributed by atoms with Gasteiger partial charge in [-0.25, -0.2) is 0 Å². The minimum atomic E-state index is 0. The summed E-state index contributed by atoms with van der Waals surface area (Å²) in [5.41, 5.74) is 0. The maximum atomic E-state index is 5.86. The molecule has 0 aromatic carbocycles. The van der Waals surface area contributed by atoms with Crippen LogP contribution in [-0.2, 0) is 6.42 Å². The normalized spacial score (nSPS) is 16.6. The fourth-order valence-electron chi connectivity index (χ4n) is 2.02. The largest absolute Gasteiger partial charge is 0.314 e. The van der Waals surface area contributed by atoms with Crippen LogP contribution in [0.25, 0.3) is 0 Å². The molecule has 86 valence electrons. The van der Waals surface area contributed by atoms with Crippen molar-refractivity contribution in [3.05, 3.63) is 21.3 Å². The first-order valence-corrected chi connectivity index (χ1v) is 6.51. The molecule has 0 bridgehead atoms. The summed E-state index contributed by atoms with van der Waals surface area (Å²) in [5, 5.41) is 3.60. The fraction of sp³-hybridized carbons (Fsp3) is 0.636. The van der Waals surface area contributed by atoms with Gasteiger partial charge in [0.25, 0.3) is 0 Å². The van der Waals surface area contributed by atoms with Crippen molar-refractivity contribution < 1.29 is 0 Å². The summed E-state index contributed by atoms with van der Waals surface area (Å²) in [4.78, 5) is 1.39. The van der Waals surface area contributed by atoms with E-state index in [0.29, 0.717) is 0 Å². The van der Waals surface area contributed by atoms with Gasteiger partial charge in [0.2, 0.25) is 0 Å². The molecule has 1 aromatic heterocycles. The van der Waals surface area contributed by atoms with Gasteiger partial charge in [0, 0.05) is 17.5 Å². The number of nitrogens with one attached hydrogen (secondary N) is 1. The Labute approximate surface area is 107 Å². The molecule has 1 aliphatic carbocycles. The highest BCUT2D eigenvalue weighted by molar-refractivity contribution is 7.16. The molecule has 0 amide bonds. The average Bonchev–Trinajstić information content (AvgIpc) is 2.77. The Morgan fingerprint density at radius 1 is 1.33 bits per heavy atom. The molecule has 4 heteroatoms. The molecular formula is C11H17Cl2NS. The lowest BCUT2D eigenvalue weighted by molar-refractivity contribution is 0.529. The van der Waals surface area contributed by atoms with E-state index in [2.05, 4.69) is 11.4 Å². The smallest absolute Gasteiger partial charge is 0.0931 e. The fourth-order valence-corrected chi connectivity index (χ4v) is 3.10. The Hall–Kier alpha value is 0.240. The molecule has 0 spiro atoms. The second-order valence-electron chi connectivity index (χ2n) is 3.89. The summed E-state index contributed by atoms with van der Waals surface area (Å²) in [6.07, 6.45) is 6.66. The summed E-state index contributed by atoms with van der Waals surface area (Å²) in [7, 11) is 0. The molecule has 1 aromatic rings. The van der Waals surface area contributed by atoms with E-state index in [-0.39, 0.29) is 12.4 Å². The number of hydrogen-bond donors (Lipinski definition) is 1. The van der Waals surface area contributed by atoms with Gasteiger partial charge in [0.1, 0.15) is 0 Å². The maximum Gasteiger partial charge on any atom is 0.0931 e. The van der Waals surface area contributed by atoms with E-state index >= 15 is 0 Å². The van der Waals surface area contributed by atoms with Crippen LogP contribution >= 0.6 is 35.3 Å². The van der Waals surface area contributed by atoms with Crippen molar-refractivity contribution in [2.24, 2.45) is 0 Å². The molecule has 1 fully saturated rings. The third-order valence-corrected chi connectivity index (χ3v) is 4.08. The van der Waals surface area contributed by atoms with Crippen LogP contribution in [-0.4, -0.2) is 12.6 Å². The van der Waals surface area contributed by atoms with Crippen LogP contribution in [0.1, 0.15) is 30.6 Å². The molecule has 1 heterocycles. The molecule has 0 atom stereocenters. The molecule has 0 unspecified atom stereocenters. The molecule has 2 rings (SSSR count). The predicted octanol–water partition coefficient (Wildman–Crippen LogP) is 3.90. The van der Waals surface area contributed by atoms with E-state index < -0.39 is 0 Å². The van der Waals surface area contributed by atoms with Crippen LogP contribution in [0, 0.1) is 0 Å². The molecule has 1 aliphatic rings. The van der Waals surface area contributed by atoms with E-state index in [1.165, 1.54) is 30.6 Å². The Morgan fingerprint density at radius 3 is 2.67 bits per heavy atom. The number of rotatable bonds is 4. The molecule has 1 nitrogen and oxygen atoms in total. The van der Waals surface area contributed by atoms with E-state index in [9.17, 15) is 0 Å². The Morgan fingerprint density at radius 2 is 2.07 bits per heavy atom. The quantitative estimate of drug-likeness (QED) is 0.871. The lowest BCUT2D eigenvalue weighted by Crippen LogP contribution is -2.27. The Kier molecular flexibility index (Phi) is 5.98. The second kappa shape index (κ2) is 6.74. The van der Waals surface area contributed by atoms with Crippen LogP contribution in [0.15, 0.2) is 12.1 Å². The van der Waals surface area contributed by atoms with E-state index in [0.717, 1.165) is 23.3 Å². The highest BCUT2D eigenvalue weighted by atomic mass is 35.5. The van der Waals surface area contributed by atoms with Gasteiger partial charge in [0.05, 0.1) is 4.34 Å². The first-order chi connectivity index (χ1) is 6.84. The van der Waals surface area contributed by atoms with Gasteiger partial charge >= 0.3 is 0 Å². The van der Waals surface area contributed by atoms with Gasteiger partial charge in [-0.15, -0.1) is 23.7 Å².